The number of nitrogens with zero attached hydrogens (tertiary/aromatic N) is 1. The summed E-state index contributed by atoms with van der Waals surface area (Å²) in [6.07, 6.45) is 0.916. The van der Waals surface area contributed by atoms with Crippen molar-refractivity contribution in [3.8, 4) is 0 Å². The van der Waals surface area contributed by atoms with E-state index in [4.69, 9.17) is 14.3 Å². The predicted molar refractivity (Wildman–Crippen MR) is 63.8 cm³/mol. The summed E-state index contributed by atoms with van der Waals surface area (Å²) in [7, 11) is 0. The van der Waals surface area contributed by atoms with Crippen molar-refractivity contribution in [2.75, 3.05) is 18.5 Å². The van der Waals surface area contributed by atoms with Gasteiger partial charge in [-0.05, 0) is 24.6 Å². The van der Waals surface area contributed by atoms with E-state index in [0.29, 0.717) is 23.7 Å². The van der Waals surface area contributed by atoms with Gasteiger partial charge in [0.15, 0.2) is 5.58 Å². The average molecular weight is 248 g/mol. The van der Waals surface area contributed by atoms with E-state index in [0.717, 1.165) is 13.0 Å². The Morgan fingerprint density at radius 2 is 2.39 bits per heavy atom. The molecule has 1 unspecified atom stereocenters. The molecule has 1 aromatic carbocycles. The number of carboxylic acids is 1. The van der Waals surface area contributed by atoms with Gasteiger partial charge < -0.3 is 19.6 Å². The zero-order valence-electron chi connectivity index (χ0n) is 9.55. The van der Waals surface area contributed by atoms with Crippen LogP contribution >= 0.6 is 0 Å². The van der Waals surface area contributed by atoms with Crippen molar-refractivity contribution in [2.45, 2.75) is 12.5 Å². The van der Waals surface area contributed by atoms with Gasteiger partial charge in [-0.15, -0.1) is 0 Å². The van der Waals surface area contributed by atoms with Crippen molar-refractivity contribution in [1.29, 1.82) is 0 Å². The van der Waals surface area contributed by atoms with Crippen molar-refractivity contribution in [1.82, 2.24) is 4.98 Å². The fourth-order valence-electron chi connectivity index (χ4n) is 1.94. The van der Waals surface area contributed by atoms with Crippen molar-refractivity contribution in [3.05, 3.63) is 23.8 Å². The first-order valence-electron chi connectivity index (χ1n) is 5.70. The third kappa shape index (κ3) is 2.02. The molecule has 0 spiro atoms. The summed E-state index contributed by atoms with van der Waals surface area (Å²) < 4.78 is 10.7. The number of nitrogens with one attached hydrogen (secondary N) is 1. The van der Waals surface area contributed by atoms with Crippen molar-refractivity contribution < 1.29 is 19.1 Å². The number of anilines is 1. The highest BCUT2D eigenvalue weighted by molar-refractivity contribution is 5.92. The van der Waals surface area contributed by atoms with Gasteiger partial charge in [0, 0.05) is 6.61 Å². The molecule has 3 rings (SSSR count). The number of aromatic nitrogens is 1. The molecule has 0 bridgehead atoms. The molecule has 0 radical (unpaired) electrons. The minimum atomic E-state index is -0.980. The van der Waals surface area contributed by atoms with Crippen LogP contribution in [-0.2, 0) is 4.74 Å². The van der Waals surface area contributed by atoms with Gasteiger partial charge in [-0.1, -0.05) is 0 Å². The van der Waals surface area contributed by atoms with Gasteiger partial charge in [-0.25, -0.2) is 4.79 Å². The molecule has 0 aliphatic carbocycles. The fraction of sp³-hybridized carbons (Fsp3) is 0.333. The zero-order chi connectivity index (χ0) is 12.5. The van der Waals surface area contributed by atoms with Crippen LogP contribution in [0.1, 0.15) is 16.8 Å². The third-order valence-corrected chi connectivity index (χ3v) is 2.89. The molecular formula is C12H12N2O4. The van der Waals surface area contributed by atoms with Crippen LogP contribution in [0.3, 0.4) is 0 Å². The molecule has 18 heavy (non-hydrogen) atoms. The van der Waals surface area contributed by atoms with E-state index in [1.54, 1.807) is 6.07 Å². The van der Waals surface area contributed by atoms with Gasteiger partial charge in [-0.2, -0.15) is 4.98 Å². The Morgan fingerprint density at radius 1 is 1.50 bits per heavy atom. The first-order valence-corrected chi connectivity index (χ1v) is 5.70. The maximum absolute atomic E-state index is 10.8. The molecule has 6 heteroatoms. The van der Waals surface area contributed by atoms with E-state index in [1.165, 1.54) is 12.1 Å². The Bertz CT molecular complexity index is 587. The molecular weight excluding hydrogens is 236 g/mol. The molecule has 1 saturated heterocycles. The number of carboxylic acid groups (broad SMARTS) is 1. The van der Waals surface area contributed by atoms with Gasteiger partial charge in [0.2, 0.25) is 0 Å². The Balaban J connectivity index is 1.87. The van der Waals surface area contributed by atoms with Crippen LogP contribution in [0.4, 0.5) is 6.01 Å². The second-order valence-electron chi connectivity index (χ2n) is 4.21. The van der Waals surface area contributed by atoms with Gasteiger partial charge in [0.25, 0.3) is 6.01 Å². The number of hydrogen-bond acceptors (Lipinski definition) is 5. The number of ether oxygens (including phenoxy) is 1. The van der Waals surface area contributed by atoms with E-state index in [9.17, 15) is 4.79 Å². The fourth-order valence-corrected chi connectivity index (χ4v) is 1.94. The van der Waals surface area contributed by atoms with E-state index >= 15 is 0 Å². The maximum atomic E-state index is 10.8. The lowest BCUT2D eigenvalue weighted by atomic mass is 10.2. The quantitative estimate of drug-likeness (QED) is 0.860. The summed E-state index contributed by atoms with van der Waals surface area (Å²) in [6, 6.07) is 5.23. The van der Waals surface area contributed by atoms with Gasteiger partial charge >= 0.3 is 5.97 Å². The van der Waals surface area contributed by atoms with Crippen molar-refractivity contribution >= 4 is 23.1 Å². The first-order chi connectivity index (χ1) is 8.72. The topological polar surface area (TPSA) is 84.6 Å². The lowest BCUT2D eigenvalue weighted by Crippen LogP contribution is -2.18. The van der Waals surface area contributed by atoms with Crippen molar-refractivity contribution in [2.24, 2.45) is 0 Å². The molecule has 2 N–H and O–H groups in total. The van der Waals surface area contributed by atoms with Crippen molar-refractivity contribution in [3.63, 3.8) is 0 Å². The highest BCUT2D eigenvalue weighted by Crippen LogP contribution is 2.21. The minimum absolute atomic E-state index is 0.189. The molecule has 0 saturated carbocycles. The van der Waals surface area contributed by atoms with Crippen LogP contribution in [0.5, 0.6) is 0 Å². The lowest BCUT2D eigenvalue weighted by molar-refractivity contribution is 0.0697. The van der Waals surface area contributed by atoms with Crippen LogP contribution < -0.4 is 5.32 Å². The minimum Gasteiger partial charge on any atom is -0.478 e. The molecule has 94 valence electrons. The average Bonchev–Trinajstić information content (AvgIpc) is 2.96. The Morgan fingerprint density at radius 3 is 3.11 bits per heavy atom. The lowest BCUT2D eigenvalue weighted by Gasteiger charge is -2.06. The number of benzene rings is 1. The zero-order valence-corrected chi connectivity index (χ0v) is 9.55. The number of fused-ring (bicyclic) bond motifs is 1. The van der Waals surface area contributed by atoms with Gasteiger partial charge in [-0.3, -0.25) is 0 Å². The van der Waals surface area contributed by atoms with E-state index in [2.05, 4.69) is 10.3 Å². The molecule has 1 aromatic heterocycles. The van der Waals surface area contributed by atoms with E-state index in [-0.39, 0.29) is 11.6 Å². The monoisotopic (exact) mass is 248 g/mol. The molecule has 0 amide bonds. The highest BCUT2D eigenvalue weighted by Gasteiger charge is 2.18. The summed E-state index contributed by atoms with van der Waals surface area (Å²) >= 11 is 0. The van der Waals surface area contributed by atoms with Crippen LogP contribution in [0.15, 0.2) is 22.6 Å². The Hall–Kier alpha value is -2.08. The smallest absolute Gasteiger partial charge is 0.335 e. The second-order valence-corrected chi connectivity index (χ2v) is 4.21. The maximum Gasteiger partial charge on any atom is 0.335 e. The van der Waals surface area contributed by atoms with Crippen LogP contribution in [-0.4, -0.2) is 35.3 Å². The number of hydrogen-bond donors (Lipinski definition) is 2. The van der Waals surface area contributed by atoms with Gasteiger partial charge in [0.05, 0.1) is 18.2 Å². The summed E-state index contributed by atoms with van der Waals surface area (Å²) in [4.78, 5) is 15.1. The predicted octanol–water partition coefficient (Wildman–Crippen LogP) is 1.73. The number of rotatable bonds is 3. The number of carbonyl (C=O) groups is 1. The highest BCUT2D eigenvalue weighted by atomic mass is 16.5. The standard InChI is InChI=1S/C12H12N2O4/c15-11(16)7-1-2-9-10(5-7)18-12(14-9)13-8-3-4-17-6-8/h1-2,5,8H,3-4,6H2,(H,13,14)(H,15,16). The molecule has 1 aliphatic heterocycles. The van der Waals surface area contributed by atoms with Crippen LogP contribution in [0.2, 0.25) is 0 Å². The summed E-state index contributed by atoms with van der Waals surface area (Å²) in [5.74, 6) is -0.980. The SMILES string of the molecule is O=C(O)c1ccc2nc(NC3CCOC3)oc2c1. The Kier molecular flexibility index (Phi) is 2.64. The summed E-state index contributed by atoms with van der Waals surface area (Å²) in [5, 5.41) is 12.0. The van der Waals surface area contributed by atoms with Crippen LogP contribution in [0, 0.1) is 0 Å². The molecule has 1 fully saturated rings. The summed E-state index contributed by atoms with van der Waals surface area (Å²) in [5.41, 5.74) is 1.30. The molecule has 2 heterocycles. The summed E-state index contributed by atoms with van der Waals surface area (Å²) in [6.45, 7) is 1.38. The molecule has 2 aromatic rings. The van der Waals surface area contributed by atoms with Crippen LogP contribution in [0.25, 0.3) is 11.1 Å². The number of aromatic carboxylic acids is 1. The van der Waals surface area contributed by atoms with Gasteiger partial charge in [0.1, 0.15) is 5.52 Å². The molecule has 1 aliphatic rings. The largest absolute Gasteiger partial charge is 0.478 e. The molecule has 1 atom stereocenters. The first kappa shape index (κ1) is 11.0. The van der Waals surface area contributed by atoms with E-state index in [1.807, 2.05) is 0 Å². The molecule has 6 nitrogen and oxygen atoms in total. The third-order valence-electron chi connectivity index (χ3n) is 2.89. The van der Waals surface area contributed by atoms with E-state index < -0.39 is 5.97 Å². The normalized spacial score (nSPS) is 19.2. The second kappa shape index (κ2) is 4.30. The Labute approximate surface area is 103 Å². The number of oxazole rings is 1.